The molecule has 1 atom stereocenters. The van der Waals surface area contributed by atoms with Gasteiger partial charge in [-0.25, -0.2) is 9.37 Å². The van der Waals surface area contributed by atoms with Gasteiger partial charge in [0.15, 0.2) is 0 Å². The predicted molar refractivity (Wildman–Crippen MR) is 190 cm³/mol. The van der Waals surface area contributed by atoms with Gasteiger partial charge in [0.2, 0.25) is 0 Å². The largest absolute Gasteiger partial charge is 0.392 e. The van der Waals surface area contributed by atoms with Crippen LogP contribution in [-0.4, -0.2) is 75.7 Å². The number of benzene rings is 1. The van der Waals surface area contributed by atoms with Crippen molar-refractivity contribution in [2.24, 2.45) is 12.1 Å². The van der Waals surface area contributed by atoms with Gasteiger partial charge in [-0.1, -0.05) is 20.8 Å². The van der Waals surface area contributed by atoms with Gasteiger partial charge in [-0.2, -0.15) is 5.10 Å². The Labute approximate surface area is 285 Å². The zero-order valence-electron chi connectivity index (χ0n) is 28.7. The van der Waals surface area contributed by atoms with Crippen LogP contribution >= 0.6 is 0 Å². The molecule has 4 aromatic rings. The second-order valence-electron chi connectivity index (χ2n) is 14.2. The predicted octanol–water partition coefficient (Wildman–Crippen LogP) is 4.78. The Kier molecular flexibility index (Phi) is 8.72. The van der Waals surface area contributed by atoms with E-state index in [1.165, 1.54) is 4.57 Å². The first-order chi connectivity index (χ1) is 23.5. The Morgan fingerprint density at radius 1 is 1.10 bits per heavy atom. The molecule has 0 aliphatic carbocycles. The summed E-state index contributed by atoms with van der Waals surface area (Å²) in [6.07, 6.45) is 8.49. The van der Waals surface area contributed by atoms with Crippen molar-refractivity contribution in [3.05, 3.63) is 93.5 Å². The lowest BCUT2D eigenvalue weighted by Crippen LogP contribution is -2.59. The number of ether oxygens (including phenoxy) is 1. The van der Waals surface area contributed by atoms with Gasteiger partial charge in [-0.3, -0.25) is 19.7 Å². The third-order valence-electron chi connectivity index (χ3n) is 9.84. The molecule has 2 N–H and O–H groups in total. The number of hydrogen-bond donors (Lipinski definition) is 2. The van der Waals surface area contributed by atoms with Crippen LogP contribution in [0.25, 0.3) is 11.1 Å². The number of aliphatic hydroxyl groups is 1. The van der Waals surface area contributed by atoms with E-state index >= 15 is 4.39 Å². The summed E-state index contributed by atoms with van der Waals surface area (Å²) in [6, 6.07) is 10.1. The smallest absolute Gasteiger partial charge is 0.274 e. The van der Waals surface area contributed by atoms with Crippen LogP contribution in [0.4, 0.5) is 27.3 Å². The molecule has 2 fully saturated rings. The first kappa shape index (κ1) is 32.9. The average molecular weight is 667 g/mol. The second-order valence-corrected chi connectivity index (χ2v) is 14.2. The fourth-order valence-corrected chi connectivity index (χ4v) is 6.81. The summed E-state index contributed by atoms with van der Waals surface area (Å²) in [6.45, 7) is 12.8. The molecule has 0 radical (unpaired) electrons. The Bertz CT molecular complexity index is 1950. The molecular weight excluding hydrogens is 623 g/mol. The van der Waals surface area contributed by atoms with Crippen LogP contribution in [0.5, 0.6) is 0 Å². The number of fused-ring (bicyclic) bond motifs is 1. The molecule has 3 aromatic heterocycles. The van der Waals surface area contributed by atoms with Crippen molar-refractivity contribution < 1.29 is 14.2 Å². The highest BCUT2D eigenvalue weighted by molar-refractivity contribution is 5.85. The molecular formula is C37H43FN8O3. The molecule has 0 unspecified atom stereocenters. The molecule has 256 valence electrons. The number of aromatic nitrogens is 3. The van der Waals surface area contributed by atoms with Gasteiger partial charge in [-0.05, 0) is 48.2 Å². The molecule has 7 rings (SSSR count). The van der Waals surface area contributed by atoms with Crippen molar-refractivity contribution in [1.29, 1.82) is 0 Å². The lowest BCUT2D eigenvalue weighted by Gasteiger charge is -2.46. The number of aliphatic hydroxyl groups excluding tert-OH is 1. The number of nitrogens with one attached hydrogen (secondary N) is 1. The zero-order valence-corrected chi connectivity index (χ0v) is 28.7. The number of aryl methyl sites for hydroxylation is 1. The zero-order chi connectivity index (χ0) is 34.4. The minimum absolute atomic E-state index is 0.186. The molecule has 3 aliphatic heterocycles. The van der Waals surface area contributed by atoms with Crippen molar-refractivity contribution in [3.63, 3.8) is 0 Å². The molecule has 11 nitrogen and oxygen atoms in total. The molecule has 1 aromatic carbocycles. The standard InChI is InChI=1S/C37H43FN8O3/c1-23-17-44(28-21-49-22-28)8-9-45(23)27-6-7-35(40-14-27)42-33-11-25(18-43(5)36(33)48)29-15-39-16-34(31(29)20-47)46-19-30-24(13-41-46)10-26(12-32(30)38)37(2,3)4/h6-7,10-16,18,23,28,47H,8-9,17,19-22H2,1-5H3,(H,40,42)/t23-/m0/s1. The highest BCUT2D eigenvalue weighted by atomic mass is 19.1. The number of halogens is 1. The van der Waals surface area contributed by atoms with E-state index in [0.29, 0.717) is 51.5 Å². The van der Waals surface area contributed by atoms with Crippen molar-refractivity contribution in [1.82, 2.24) is 19.4 Å². The quantitative estimate of drug-likeness (QED) is 0.288. The first-order valence-electron chi connectivity index (χ1n) is 16.7. The van der Waals surface area contributed by atoms with Crippen LogP contribution in [-0.2, 0) is 30.4 Å². The third-order valence-corrected chi connectivity index (χ3v) is 9.84. The van der Waals surface area contributed by atoms with Gasteiger partial charge >= 0.3 is 0 Å². The van der Waals surface area contributed by atoms with Crippen LogP contribution in [0.3, 0.4) is 0 Å². The summed E-state index contributed by atoms with van der Waals surface area (Å²) in [4.78, 5) is 27.2. The fraction of sp³-hybridized carbons (Fsp3) is 0.405. The van der Waals surface area contributed by atoms with E-state index in [9.17, 15) is 9.90 Å². The molecule has 3 aliphatic rings. The van der Waals surface area contributed by atoms with Gasteiger partial charge in [-0.15, -0.1) is 0 Å². The number of rotatable bonds is 7. The first-order valence-corrected chi connectivity index (χ1v) is 16.7. The number of piperazine rings is 1. The number of hydrogen-bond acceptors (Lipinski definition) is 10. The van der Waals surface area contributed by atoms with Crippen LogP contribution < -0.4 is 20.8 Å². The van der Waals surface area contributed by atoms with Crippen LogP contribution in [0, 0.1) is 5.82 Å². The van der Waals surface area contributed by atoms with Gasteiger partial charge in [0.05, 0.1) is 62.4 Å². The molecule has 12 heteroatoms. The van der Waals surface area contributed by atoms with Crippen molar-refractivity contribution in [3.8, 4) is 11.1 Å². The summed E-state index contributed by atoms with van der Waals surface area (Å²) in [5, 5.41) is 20.1. The number of anilines is 4. The van der Waals surface area contributed by atoms with Gasteiger partial charge in [0, 0.05) is 72.9 Å². The lowest BCUT2D eigenvalue weighted by atomic mass is 9.85. The minimum atomic E-state index is -0.312. The molecule has 0 spiro atoms. The summed E-state index contributed by atoms with van der Waals surface area (Å²) in [5.41, 5.74) is 5.54. The Morgan fingerprint density at radius 3 is 2.59 bits per heavy atom. The minimum Gasteiger partial charge on any atom is -0.392 e. The Hall–Kier alpha value is -4.65. The third kappa shape index (κ3) is 6.43. The van der Waals surface area contributed by atoms with E-state index in [1.807, 2.05) is 45.2 Å². The highest BCUT2D eigenvalue weighted by Gasteiger charge is 2.32. The SMILES string of the molecule is C[C@H]1CN(C2COC2)CCN1c1ccc(Nc2cc(-c3cncc(N4Cc5c(F)cc(C(C)(C)C)cc5C=N4)c3CO)cn(C)c2=O)nc1. The molecule has 0 bridgehead atoms. The second kappa shape index (κ2) is 13.0. The van der Waals surface area contributed by atoms with E-state index in [-0.39, 0.29) is 29.9 Å². The Balaban J connectivity index is 1.12. The van der Waals surface area contributed by atoms with Gasteiger partial charge in [0.25, 0.3) is 5.56 Å². The number of nitrogens with zero attached hydrogens (tertiary/aromatic N) is 7. The normalized spacial score (nSPS) is 18.4. The maximum Gasteiger partial charge on any atom is 0.274 e. The summed E-state index contributed by atoms with van der Waals surface area (Å²) in [7, 11) is 1.68. The summed E-state index contributed by atoms with van der Waals surface area (Å²) >= 11 is 0. The maximum atomic E-state index is 15.4. The van der Waals surface area contributed by atoms with Crippen molar-refractivity contribution in [2.75, 3.05) is 48.1 Å². The summed E-state index contributed by atoms with van der Waals surface area (Å²) < 4.78 is 22.2. The van der Waals surface area contributed by atoms with Crippen LogP contribution in [0.1, 0.15) is 49.9 Å². The van der Waals surface area contributed by atoms with E-state index in [4.69, 9.17) is 4.74 Å². The van der Waals surface area contributed by atoms with Crippen molar-refractivity contribution in [2.45, 2.75) is 58.3 Å². The fourth-order valence-electron chi connectivity index (χ4n) is 6.81. The van der Waals surface area contributed by atoms with Crippen LogP contribution in [0.15, 0.2) is 65.0 Å². The summed E-state index contributed by atoms with van der Waals surface area (Å²) in [5.74, 6) is 0.253. The van der Waals surface area contributed by atoms with E-state index in [2.05, 4.69) is 37.1 Å². The number of pyridine rings is 3. The van der Waals surface area contributed by atoms with Crippen LogP contribution in [0.2, 0.25) is 0 Å². The lowest BCUT2D eigenvalue weighted by molar-refractivity contribution is -0.0691. The van der Waals surface area contributed by atoms with E-state index < -0.39 is 0 Å². The van der Waals surface area contributed by atoms with Gasteiger partial charge < -0.3 is 24.6 Å². The van der Waals surface area contributed by atoms with Crippen molar-refractivity contribution >= 4 is 29.1 Å². The van der Waals surface area contributed by atoms with Gasteiger partial charge in [0.1, 0.15) is 17.3 Å². The highest BCUT2D eigenvalue weighted by Crippen LogP contribution is 2.35. The molecule has 6 heterocycles. The molecule has 2 saturated heterocycles. The molecule has 0 amide bonds. The molecule has 49 heavy (non-hydrogen) atoms. The topological polar surface area (TPSA) is 111 Å². The Morgan fingerprint density at radius 2 is 1.92 bits per heavy atom. The monoisotopic (exact) mass is 666 g/mol. The molecule has 0 saturated carbocycles. The van der Waals surface area contributed by atoms with E-state index in [1.54, 1.807) is 49.0 Å². The maximum absolute atomic E-state index is 15.4. The van der Waals surface area contributed by atoms with E-state index in [0.717, 1.165) is 49.7 Å². The number of hydrazone groups is 1. The average Bonchev–Trinajstić information content (AvgIpc) is 3.05.